The maximum Gasteiger partial charge on any atom is 0.246 e. The second kappa shape index (κ2) is 4.68. The van der Waals surface area contributed by atoms with Gasteiger partial charge < -0.3 is 10.6 Å². The summed E-state index contributed by atoms with van der Waals surface area (Å²) in [5, 5.41) is 5.62. The molecule has 0 bridgehead atoms. The molecule has 1 aliphatic rings. The highest BCUT2D eigenvalue weighted by atomic mass is 16.2. The molecule has 2 rings (SSSR count). The molecule has 0 radical (unpaired) electrons. The molecule has 96 valence electrons. The molecular formula is C13H17N3O2. The van der Waals surface area contributed by atoms with Crippen molar-refractivity contribution in [1.29, 1.82) is 0 Å². The van der Waals surface area contributed by atoms with Crippen molar-refractivity contribution in [2.45, 2.75) is 13.8 Å². The van der Waals surface area contributed by atoms with Gasteiger partial charge in [-0.05, 0) is 37.1 Å². The Labute approximate surface area is 106 Å². The van der Waals surface area contributed by atoms with Gasteiger partial charge in [0.1, 0.15) is 6.54 Å². The minimum atomic E-state index is -0.172. The van der Waals surface area contributed by atoms with E-state index in [9.17, 15) is 9.59 Å². The number of benzene rings is 1. The van der Waals surface area contributed by atoms with Crippen LogP contribution in [-0.4, -0.2) is 32.0 Å². The van der Waals surface area contributed by atoms with E-state index in [1.165, 1.54) is 4.90 Å². The number of amides is 2. The van der Waals surface area contributed by atoms with Crippen LogP contribution in [-0.2, 0) is 9.59 Å². The van der Waals surface area contributed by atoms with E-state index >= 15 is 0 Å². The van der Waals surface area contributed by atoms with Gasteiger partial charge in [-0.2, -0.15) is 0 Å². The van der Waals surface area contributed by atoms with Crippen LogP contribution in [0.25, 0.3) is 0 Å². The van der Waals surface area contributed by atoms with Crippen LogP contribution in [0.5, 0.6) is 0 Å². The second-order valence-corrected chi connectivity index (χ2v) is 4.46. The van der Waals surface area contributed by atoms with Crippen LogP contribution in [0.15, 0.2) is 12.1 Å². The molecule has 1 aromatic rings. The van der Waals surface area contributed by atoms with E-state index in [4.69, 9.17) is 0 Å². The van der Waals surface area contributed by atoms with Crippen LogP contribution in [0.3, 0.4) is 0 Å². The lowest BCUT2D eigenvalue weighted by molar-refractivity contribution is -0.123. The Kier molecular flexibility index (Phi) is 3.23. The van der Waals surface area contributed by atoms with Crippen molar-refractivity contribution in [3.8, 4) is 0 Å². The lowest BCUT2D eigenvalue weighted by Crippen LogP contribution is -2.45. The minimum absolute atomic E-state index is 0.0620. The van der Waals surface area contributed by atoms with Gasteiger partial charge in [-0.3, -0.25) is 14.5 Å². The number of likely N-dealkylation sites (N-methyl/N-ethyl adjacent to an activating group) is 1. The van der Waals surface area contributed by atoms with E-state index in [0.29, 0.717) is 0 Å². The topological polar surface area (TPSA) is 61.4 Å². The van der Waals surface area contributed by atoms with E-state index in [1.54, 1.807) is 7.05 Å². The molecule has 1 aromatic carbocycles. The van der Waals surface area contributed by atoms with Gasteiger partial charge in [0.15, 0.2) is 0 Å². The lowest BCUT2D eigenvalue weighted by Gasteiger charge is -2.30. The molecular weight excluding hydrogens is 230 g/mol. The van der Waals surface area contributed by atoms with Gasteiger partial charge in [0, 0.05) is 7.05 Å². The quantitative estimate of drug-likeness (QED) is 0.813. The maximum absolute atomic E-state index is 11.9. The van der Waals surface area contributed by atoms with E-state index in [1.807, 2.05) is 26.0 Å². The number of anilines is 2. The molecule has 18 heavy (non-hydrogen) atoms. The Bertz CT molecular complexity index is 511. The van der Waals surface area contributed by atoms with Crippen LogP contribution >= 0.6 is 0 Å². The summed E-state index contributed by atoms with van der Waals surface area (Å²) < 4.78 is 0. The Hall–Kier alpha value is -2.04. The van der Waals surface area contributed by atoms with Crippen LogP contribution in [0.4, 0.5) is 11.4 Å². The van der Waals surface area contributed by atoms with E-state index in [0.717, 1.165) is 22.5 Å². The zero-order chi connectivity index (χ0) is 13.3. The molecule has 0 spiro atoms. The summed E-state index contributed by atoms with van der Waals surface area (Å²) in [4.78, 5) is 24.9. The molecule has 5 heteroatoms. The van der Waals surface area contributed by atoms with Gasteiger partial charge in [0.2, 0.25) is 11.8 Å². The Morgan fingerprint density at radius 2 is 2.06 bits per heavy atom. The largest absolute Gasteiger partial charge is 0.374 e. The molecule has 1 heterocycles. The zero-order valence-electron chi connectivity index (χ0n) is 10.8. The summed E-state index contributed by atoms with van der Waals surface area (Å²) in [5.74, 6) is -0.260. The van der Waals surface area contributed by atoms with Gasteiger partial charge in [-0.15, -0.1) is 0 Å². The highest BCUT2D eigenvalue weighted by molar-refractivity contribution is 6.06. The second-order valence-electron chi connectivity index (χ2n) is 4.46. The van der Waals surface area contributed by atoms with Crippen molar-refractivity contribution in [2.24, 2.45) is 0 Å². The first-order valence-corrected chi connectivity index (χ1v) is 5.89. The summed E-state index contributed by atoms with van der Waals surface area (Å²) >= 11 is 0. The molecule has 0 fully saturated rings. The van der Waals surface area contributed by atoms with Crippen molar-refractivity contribution in [2.75, 3.05) is 30.4 Å². The fraction of sp³-hybridized carbons (Fsp3) is 0.385. The fourth-order valence-corrected chi connectivity index (χ4v) is 1.96. The number of carbonyl (C=O) groups is 2. The van der Waals surface area contributed by atoms with Gasteiger partial charge in [0.05, 0.1) is 17.9 Å². The molecule has 0 atom stereocenters. The molecule has 2 amide bonds. The van der Waals surface area contributed by atoms with Crippen molar-refractivity contribution >= 4 is 23.2 Å². The van der Waals surface area contributed by atoms with Gasteiger partial charge >= 0.3 is 0 Å². The Balaban J connectivity index is 2.40. The van der Waals surface area contributed by atoms with E-state index in [2.05, 4.69) is 10.6 Å². The Morgan fingerprint density at radius 1 is 1.39 bits per heavy atom. The average molecular weight is 247 g/mol. The monoisotopic (exact) mass is 247 g/mol. The maximum atomic E-state index is 11.9. The first-order chi connectivity index (χ1) is 8.52. The number of aryl methyl sites for hydroxylation is 2. The SMILES string of the molecule is CNC(=O)CN1C(=O)CNc2cc(C)c(C)cc21. The van der Waals surface area contributed by atoms with Crippen LogP contribution in [0, 0.1) is 13.8 Å². The smallest absolute Gasteiger partial charge is 0.246 e. The number of nitrogens with one attached hydrogen (secondary N) is 2. The third-order valence-corrected chi connectivity index (χ3v) is 3.21. The average Bonchev–Trinajstić information content (AvgIpc) is 2.35. The standard InChI is InChI=1S/C13H17N3O2/c1-8-4-10-11(5-9(8)2)16(7-12(17)14-3)13(18)6-15-10/h4-5,15H,6-7H2,1-3H3,(H,14,17). The van der Waals surface area contributed by atoms with Gasteiger partial charge in [-0.25, -0.2) is 0 Å². The molecule has 0 aliphatic carbocycles. The third-order valence-electron chi connectivity index (χ3n) is 3.21. The number of hydrogen-bond acceptors (Lipinski definition) is 3. The molecule has 2 N–H and O–H groups in total. The minimum Gasteiger partial charge on any atom is -0.374 e. The predicted molar refractivity (Wildman–Crippen MR) is 70.8 cm³/mol. The molecule has 5 nitrogen and oxygen atoms in total. The molecule has 0 saturated heterocycles. The molecule has 0 unspecified atom stereocenters. The third kappa shape index (κ3) is 2.16. The molecule has 1 aliphatic heterocycles. The lowest BCUT2D eigenvalue weighted by atomic mass is 10.1. The van der Waals surface area contributed by atoms with Crippen molar-refractivity contribution in [3.63, 3.8) is 0 Å². The van der Waals surface area contributed by atoms with Crippen molar-refractivity contribution < 1.29 is 9.59 Å². The highest BCUT2D eigenvalue weighted by Gasteiger charge is 2.25. The van der Waals surface area contributed by atoms with Crippen LogP contribution in [0.1, 0.15) is 11.1 Å². The number of fused-ring (bicyclic) bond motifs is 1. The Morgan fingerprint density at radius 3 is 2.72 bits per heavy atom. The predicted octanol–water partition coefficient (Wildman–Crippen LogP) is 0.808. The summed E-state index contributed by atoms with van der Waals surface area (Å²) in [6, 6.07) is 3.95. The summed E-state index contributed by atoms with van der Waals surface area (Å²) in [7, 11) is 1.57. The summed E-state index contributed by atoms with van der Waals surface area (Å²) in [6.45, 7) is 4.31. The number of nitrogens with zero attached hydrogens (tertiary/aromatic N) is 1. The molecule has 0 aromatic heterocycles. The first-order valence-electron chi connectivity index (χ1n) is 5.89. The number of hydrogen-bond donors (Lipinski definition) is 2. The zero-order valence-corrected chi connectivity index (χ0v) is 10.8. The van der Waals surface area contributed by atoms with Gasteiger partial charge in [0.25, 0.3) is 0 Å². The first kappa shape index (κ1) is 12.4. The van der Waals surface area contributed by atoms with Crippen LogP contribution in [0.2, 0.25) is 0 Å². The fourth-order valence-electron chi connectivity index (χ4n) is 1.96. The highest BCUT2D eigenvalue weighted by Crippen LogP contribution is 2.32. The summed E-state index contributed by atoms with van der Waals surface area (Å²) in [6.07, 6.45) is 0. The van der Waals surface area contributed by atoms with Crippen molar-refractivity contribution in [3.05, 3.63) is 23.3 Å². The van der Waals surface area contributed by atoms with E-state index in [-0.39, 0.29) is 24.9 Å². The number of rotatable bonds is 2. The van der Waals surface area contributed by atoms with Crippen LogP contribution < -0.4 is 15.5 Å². The van der Waals surface area contributed by atoms with Crippen molar-refractivity contribution in [1.82, 2.24) is 5.32 Å². The molecule has 0 saturated carbocycles. The number of carbonyl (C=O) groups excluding carboxylic acids is 2. The van der Waals surface area contributed by atoms with Gasteiger partial charge in [-0.1, -0.05) is 0 Å². The normalized spacial score (nSPS) is 13.9. The van der Waals surface area contributed by atoms with E-state index < -0.39 is 0 Å². The summed E-state index contributed by atoms with van der Waals surface area (Å²) in [5.41, 5.74) is 3.95.